The molecule has 94 valence electrons. The fourth-order valence-electron chi connectivity index (χ4n) is 1.71. The molecule has 2 aromatic carbocycles. The van der Waals surface area contributed by atoms with Crippen molar-refractivity contribution in [2.45, 2.75) is 13.3 Å². The van der Waals surface area contributed by atoms with E-state index in [0.29, 0.717) is 0 Å². The Labute approximate surface area is 104 Å². The van der Waals surface area contributed by atoms with E-state index in [1.807, 2.05) is 31.2 Å². The van der Waals surface area contributed by atoms with Gasteiger partial charge in [-0.05, 0) is 30.2 Å². The first-order valence-corrected chi connectivity index (χ1v) is 5.70. The van der Waals surface area contributed by atoms with E-state index in [0.717, 1.165) is 23.7 Å². The number of hydrogen-bond donors (Lipinski definition) is 2. The zero-order valence-corrected chi connectivity index (χ0v) is 10.0. The van der Waals surface area contributed by atoms with Crippen molar-refractivity contribution in [2.75, 3.05) is 11.1 Å². The molecule has 2 nitrogen and oxygen atoms in total. The summed E-state index contributed by atoms with van der Waals surface area (Å²) in [6, 6.07) is 9.55. The first kappa shape index (κ1) is 12.4. The molecule has 0 saturated heterocycles. The van der Waals surface area contributed by atoms with Crippen molar-refractivity contribution in [2.24, 2.45) is 0 Å². The molecule has 0 spiro atoms. The quantitative estimate of drug-likeness (QED) is 0.809. The average Bonchev–Trinajstić information content (AvgIpc) is 2.35. The van der Waals surface area contributed by atoms with Crippen LogP contribution >= 0.6 is 0 Å². The van der Waals surface area contributed by atoms with Crippen LogP contribution in [0.3, 0.4) is 0 Å². The number of halogens is 2. The van der Waals surface area contributed by atoms with Crippen LogP contribution in [0.25, 0.3) is 0 Å². The zero-order chi connectivity index (χ0) is 13.1. The zero-order valence-electron chi connectivity index (χ0n) is 10.0. The summed E-state index contributed by atoms with van der Waals surface area (Å²) in [6.45, 7) is 2.04. The average molecular weight is 248 g/mol. The molecule has 4 heteroatoms. The molecule has 0 amide bonds. The van der Waals surface area contributed by atoms with Crippen LogP contribution in [0.4, 0.5) is 25.8 Å². The van der Waals surface area contributed by atoms with Gasteiger partial charge in [0.15, 0.2) is 5.82 Å². The number of nitrogen functional groups attached to an aromatic ring is 1. The summed E-state index contributed by atoms with van der Waals surface area (Å²) in [4.78, 5) is 0. The highest BCUT2D eigenvalue weighted by molar-refractivity contribution is 5.73. The molecule has 3 N–H and O–H groups in total. The van der Waals surface area contributed by atoms with E-state index < -0.39 is 11.6 Å². The van der Waals surface area contributed by atoms with Crippen molar-refractivity contribution in [3.63, 3.8) is 0 Å². The second-order valence-corrected chi connectivity index (χ2v) is 4.03. The fraction of sp³-hybridized carbons (Fsp3) is 0.143. The maximum atomic E-state index is 13.3. The number of benzene rings is 2. The molecule has 0 aromatic heterocycles. The SMILES string of the molecule is CCc1cccc(Nc2cc(F)cc(F)c2N)c1. The highest BCUT2D eigenvalue weighted by Gasteiger charge is 2.08. The summed E-state index contributed by atoms with van der Waals surface area (Å²) in [5.41, 5.74) is 7.61. The van der Waals surface area contributed by atoms with Gasteiger partial charge >= 0.3 is 0 Å². The van der Waals surface area contributed by atoms with E-state index in [9.17, 15) is 8.78 Å². The number of anilines is 3. The van der Waals surface area contributed by atoms with E-state index in [1.165, 1.54) is 6.07 Å². The van der Waals surface area contributed by atoms with Crippen LogP contribution < -0.4 is 11.1 Å². The van der Waals surface area contributed by atoms with Crippen LogP contribution in [-0.2, 0) is 6.42 Å². The molecule has 0 fully saturated rings. The van der Waals surface area contributed by atoms with Gasteiger partial charge in [-0.1, -0.05) is 19.1 Å². The highest BCUT2D eigenvalue weighted by Crippen LogP contribution is 2.27. The lowest BCUT2D eigenvalue weighted by atomic mass is 10.1. The van der Waals surface area contributed by atoms with Crippen LogP contribution in [0.2, 0.25) is 0 Å². The van der Waals surface area contributed by atoms with Gasteiger partial charge in [-0.2, -0.15) is 0 Å². The number of aryl methyl sites for hydroxylation is 1. The molecule has 0 bridgehead atoms. The first-order chi connectivity index (χ1) is 8.60. The van der Waals surface area contributed by atoms with Crippen LogP contribution in [0.15, 0.2) is 36.4 Å². The Morgan fingerprint density at radius 1 is 1.17 bits per heavy atom. The topological polar surface area (TPSA) is 38.0 Å². The van der Waals surface area contributed by atoms with Crippen molar-refractivity contribution in [3.05, 3.63) is 53.6 Å². The third-order valence-electron chi connectivity index (χ3n) is 2.71. The molecule has 0 aliphatic heterocycles. The molecule has 0 radical (unpaired) electrons. The maximum Gasteiger partial charge on any atom is 0.151 e. The Morgan fingerprint density at radius 3 is 2.67 bits per heavy atom. The van der Waals surface area contributed by atoms with Crippen LogP contribution in [0.5, 0.6) is 0 Å². The summed E-state index contributed by atoms with van der Waals surface area (Å²) in [5.74, 6) is -1.42. The summed E-state index contributed by atoms with van der Waals surface area (Å²) in [5, 5.41) is 2.92. The molecule has 18 heavy (non-hydrogen) atoms. The fourth-order valence-corrected chi connectivity index (χ4v) is 1.71. The van der Waals surface area contributed by atoms with Gasteiger partial charge in [0.1, 0.15) is 5.82 Å². The molecule has 0 aliphatic rings. The van der Waals surface area contributed by atoms with E-state index >= 15 is 0 Å². The first-order valence-electron chi connectivity index (χ1n) is 5.70. The van der Waals surface area contributed by atoms with Gasteiger partial charge < -0.3 is 11.1 Å². The molecule has 2 aromatic rings. The third-order valence-corrected chi connectivity index (χ3v) is 2.71. The summed E-state index contributed by atoms with van der Waals surface area (Å²) in [7, 11) is 0. The van der Waals surface area contributed by atoms with Gasteiger partial charge in [-0.25, -0.2) is 8.78 Å². The predicted molar refractivity (Wildman–Crippen MR) is 69.9 cm³/mol. The number of nitrogens with one attached hydrogen (secondary N) is 1. The maximum absolute atomic E-state index is 13.3. The molecule has 0 unspecified atom stereocenters. The molecule has 2 rings (SSSR count). The van der Waals surface area contributed by atoms with Crippen molar-refractivity contribution in [3.8, 4) is 0 Å². The predicted octanol–water partition coefficient (Wildman–Crippen LogP) is 3.85. The minimum absolute atomic E-state index is 0.0849. The van der Waals surface area contributed by atoms with Gasteiger partial charge in [0.25, 0.3) is 0 Å². The summed E-state index contributed by atoms with van der Waals surface area (Å²) in [6.07, 6.45) is 0.891. The Balaban J connectivity index is 2.33. The highest BCUT2D eigenvalue weighted by atomic mass is 19.1. The van der Waals surface area contributed by atoms with Gasteiger partial charge in [0.2, 0.25) is 0 Å². The number of nitrogens with two attached hydrogens (primary N) is 1. The van der Waals surface area contributed by atoms with Crippen molar-refractivity contribution in [1.29, 1.82) is 0 Å². The van der Waals surface area contributed by atoms with E-state index in [1.54, 1.807) is 0 Å². The normalized spacial score (nSPS) is 10.4. The Kier molecular flexibility index (Phi) is 3.46. The van der Waals surface area contributed by atoms with Gasteiger partial charge in [0, 0.05) is 11.8 Å². The summed E-state index contributed by atoms with van der Waals surface area (Å²) < 4.78 is 26.4. The van der Waals surface area contributed by atoms with Crippen molar-refractivity contribution < 1.29 is 8.78 Å². The summed E-state index contributed by atoms with van der Waals surface area (Å²) >= 11 is 0. The van der Waals surface area contributed by atoms with Crippen LogP contribution in [-0.4, -0.2) is 0 Å². The Morgan fingerprint density at radius 2 is 1.94 bits per heavy atom. The minimum Gasteiger partial charge on any atom is -0.395 e. The molecule has 0 atom stereocenters. The molecule has 0 aliphatic carbocycles. The van der Waals surface area contributed by atoms with Crippen LogP contribution in [0, 0.1) is 11.6 Å². The molecular weight excluding hydrogens is 234 g/mol. The smallest absolute Gasteiger partial charge is 0.151 e. The van der Waals surface area contributed by atoms with Gasteiger partial charge in [0.05, 0.1) is 11.4 Å². The Hall–Kier alpha value is -2.10. The van der Waals surface area contributed by atoms with Crippen molar-refractivity contribution >= 4 is 17.1 Å². The lowest BCUT2D eigenvalue weighted by Crippen LogP contribution is -2.00. The lowest BCUT2D eigenvalue weighted by molar-refractivity contribution is 0.587. The van der Waals surface area contributed by atoms with E-state index in [4.69, 9.17) is 5.73 Å². The number of hydrogen-bond acceptors (Lipinski definition) is 2. The molecule has 0 saturated carbocycles. The standard InChI is InChI=1S/C14H14F2N2/c1-2-9-4-3-5-11(6-9)18-13-8-10(15)7-12(16)14(13)17/h3-8,18H,2,17H2,1H3. The van der Waals surface area contributed by atoms with E-state index in [-0.39, 0.29) is 11.4 Å². The van der Waals surface area contributed by atoms with Gasteiger partial charge in [-0.3, -0.25) is 0 Å². The van der Waals surface area contributed by atoms with Crippen molar-refractivity contribution in [1.82, 2.24) is 0 Å². The lowest BCUT2D eigenvalue weighted by Gasteiger charge is -2.11. The van der Waals surface area contributed by atoms with Crippen LogP contribution in [0.1, 0.15) is 12.5 Å². The second-order valence-electron chi connectivity index (χ2n) is 4.03. The second kappa shape index (κ2) is 5.04. The Bertz CT molecular complexity index is 568. The molecular formula is C14H14F2N2. The largest absolute Gasteiger partial charge is 0.395 e. The number of rotatable bonds is 3. The van der Waals surface area contributed by atoms with Gasteiger partial charge in [-0.15, -0.1) is 0 Å². The molecule has 0 heterocycles. The monoisotopic (exact) mass is 248 g/mol. The van der Waals surface area contributed by atoms with E-state index in [2.05, 4.69) is 5.32 Å². The minimum atomic E-state index is -0.760. The third kappa shape index (κ3) is 2.59.